The van der Waals surface area contributed by atoms with Gasteiger partial charge in [0.2, 0.25) is 0 Å². The fourth-order valence-corrected chi connectivity index (χ4v) is 1.52. The van der Waals surface area contributed by atoms with E-state index in [1.807, 2.05) is 0 Å². The average molecular weight is 213 g/mol. The molecule has 0 saturated carbocycles. The van der Waals surface area contributed by atoms with Crippen molar-refractivity contribution in [1.29, 1.82) is 0 Å². The lowest BCUT2D eigenvalue weighted by Gasteiger charge is -2.13. The van der Waals surface area contributed by atoms with Gasteiger partial charge in [-0.05, 0) is 13.3 Å². The molecule has 1 saturated heterocycles. The molecule has 1 aliphatic rings. The van der Waals surface area contributed by atoms with Gasteiger partial charge in [-0.3, -0.25) is 4.79 Å². The van der Waals surface area contributed by atoms with Crippen molar-refractivity contribution in [3.05, 3.63) is 12.8 Å². The standard InChI is InChI=1S/C10H15NO4/c1-3-14-9(12)8-5-6-11(7-8)10(13)15-4-2/h4,8H,2-3,5-7H2,1H3. The van der Waals surface area contributed by atoms with Crippen molar-refractivity contribution in [2.75, 3.05) is 19.7 Å². The second-order valence-electron chi connectivity index (χ2n) is 3.23. The van der Waals surface area contributed by atoms with Crippen molar-refractivity contribution in [3.8, 4) is 0 Å². The molecular weight excluding hydrogens is 198 g/mol. The highest BCUT2D eigenvalue weighted by molar-refractivity contribution is 5.75. The Hall–Kier alpha value is -1.52. The fourth-order valence-electron chi connectivity index (χ4n) is 1.52. The van der Waals surface area contributed by atoms with Crippen LogP contribution < -0.4 is 0 Å². The number of likely N-dealkylation sites (tertiary alicyclic amines) is 1. The number of carbonyl (C=O) groups is 2. The molecule has 0 aromatic heterocycles. The van der Waals surface area contributed by atoms with E-state index in [1.165, 1.54) is 4.90 Å². The zero-order chi connectivity index (χ0) is 11.3. The fraction of sp³-hybridized carbons (Fsp3) is 0.600. The lowest BCUT2D eigenvalue weighted by atomic mass is 10.1. The van der Waals surface area contributed by atoms with E-state index in [-0.39, 0.29) is 11.9 Å². The van der Waals surface area contributed by atoms with Crippen molar-refractivity contribution < 1.29 is 19.1 Å². The molecule has 0 bridgehead atoms. The van der Waals surface area contributed by atoms with Crippen molar-refractivity contribution in [3.63, 3.8) is 0 Å². The summed E-state index contributed by atoms with van der Waals surface area (Å²) in [5.74, 6) is -0.464. The number of hydrogen-bond donors (Lipinski definition) is 0. The summed E-state index contributed by atoms with van der Waals surface area (Å²) in [5.41, 5.74) is 0. The van der Waals surface area contributed by atoms with Gasteiger partial charge in [-0.15, -0.1) is 0 Å². The van der Waals surface area contributed by atoms with Crippen LogP contribution in [0, 0.1) is 5.92 Å². The summed E-state index contributed by atoms with van der Waals surface area (Å²) in [5, 5.41) is 0. The molecule has 5 heteroatoms. The molecule has 0 aromatic rings. The van der Waals surface area contributed by atoms with E-state index in [2.05, 4.69) is 11.3 Å². The maximum atomic E-state index is 11.4. The Kier molecular flexibility index (Phi) is 4.15. The number of nitrogens with zero attached hydrogens (tertiary/aromatic N) is 1. The average Bonchev–Trinajstić information content (AvgIpc) is 2.67. The second-order valence-corrected chi connectivity index (χ2v) is 3.23. The molecule has 5 nitrogen and oxygen atoms in total. The minimum Gasteiger partial charge on any atom is -0.466 e. The first-order valence-corrected chi connectivity index (χ1v) is 4.92. The Morgan fingerprint density at radius 3 is 2.93 bits per heavy atom. The number of rotatable bonds is 3. The number of amides is 1. The summed E-state index contributed by atoms with van der Waals surface area (Å²) in [4.78, 5) is 24.1. The van der Waals surface area contributed by atoms with Gasteiger partial charge in [0.15, 0.2) is 0 Å². The molecule has 0 aliphatic carbocycles. The number of esters is 1. The van der Waals surface area contributed by atoms with Crippen LogP contribution in [0.25, 0.3) is 0 Å². The summed E-state index contributed by atoms with van der Waals surface area (Å²) in [6, 6.07) is 0. The van der Waals surface area contributed by atoms with E-state index in [0.717, 1.165) is 6.26 Å². The van der Waals surface area contributed by atoms with Crippen LogP contribution in [0.1, 0.15) is 13.3 Å². The van der Waals surface area contributed by atoms with E-state index < -0.39 is 6.09 Å². The summed E-state index contributed by atoms with van der Waals surface area (Å²) >= 11 is 0. The molecule has 0 aromatic carbocycles. The highest BCUT2D eigenvalue weighted by Crippen LogP contribution is 2.18. The van der Waals surface area contributed by atoms with E-state index in [4.69, 9.17) is 4.74 Å². The van der Waals surface area contributed by atoms with Crippen LogP contribution in [0.4, 0.5) is 4.79 Å². The van der Waals surface area contributed by atoms with Gasteiger partial charge in [0.05, 0.1) is 18.8 Å². The molecule has 15 heavy (non-hydrogen) atoms. The molecule has 1 unspecified atom stereocenters. The molecule has 1 atom stereocenters. The van der Waals surface area contributed by atoms with E-state index in [9.17, 15) is 9.59 Å². The van der Waals surface area contributed by atoms with Crippen LogP contribution in [0.2, 0.25) is 0 Å². The Balaban J connectivity index is 2.41. The zero-order valence-corrected chi connectivity index (χ0v) is 8.77. The molecule has 84 valence electrons. The molecule has 1 heterocycles. The summed E-state index contributed by atoms with van der Waals surface area (Å²) < 4.78 is 9.49. The quantitative estimate of drug-likeness (QED) is 0.521. The lowest BCUT2D eigenvalue weighted by Crippen LogP contribution is -2.29. The van der Waals surface area contributed by atoms with Crippen molar-refractivity contribution >= 4 is 12.1 Å². The van der Waals surface area contributed by atoms with Gasteiger partial charge in [0, 0.05) is 13.1 Å². The lowest BCUT2D eigenvalue weighted by molar-refractivity contribution is -0.147. The Bertz CT molecular complexity index is 264. The Morgan fingerprint density at radius 2 is 2.33 bits per heavy atom. The molecule has 0 N–H and O–H groups in total. The molecule has 0 spiro atoms. The van der Waals surface area contributed by atoms with Crippen LogP contribution in [-0.2, 0) is 14.3 Å². The van der Waals surface area contributed by atoms with Gasteiger partial charge >= 0.3 is 12.1 Å². The zero-order valence-electron chi connectivity index (χ0n) is 8.77. The van der Waals surface area contributed by atoms with Crippen molar-refractivity contribution in [2.45, 2.75) is 13.3 Å². The smallest absolute Gasteiger partial charge is 0.414 e. The van der Waals surface area contributed by atoms with Crippen molar-refractivity contribution in [1.82, 2.24) is 4.90 Å². The summed E-state index contributed by atoms with van der Waals surface area (Å²) in [6.07, 6.45) is 1.25. The van der Waals surface area contributed by atoms with E-state index in [1.54, 1.807) is 6.92 Å². The Morgan fingerprint density at radius 1 is 1.60 bits per heavy atom. The number of carbonyl (C=O) groups excluding carboxylic acids is 2. The number of ether oxygens (including phenoxy) is 2. The van der Waals surface area contributed by atoms with E-state index >= 15 is 0 Å². The summed E-state index contributed by atoms with van der Waals surface area (Å²) in [6.45, 7) is 6.31. The normalized spacial score (nSPS) is 19.8. The van der Waals surface area contributed by atoms with Crippen LogP contribution in [0.3, 0.4) is 0 Å². The maximum Gasteiger partial charge on any atom is 0.414 e. The molecule has 1 aliphatic heterocycles. The van der Waals surface area contributed by atoms with Crippen molar-refractivity contribution in [2.24, 2.45) is 5.92 Å². The molecule has 1 amide bonds. The highest BCUT2D eigenvalue weighted by Gasteiger charge is 2.32. The Labute approximate surface area is 88.6 Å². The maximum absolute atomic E-state index is 11.4. The first-order valence-electron chi connectivity index (χ1n) is 4.92. The first-order chi connectivity index (χ1) is 7.19. The second kappa shape index (κ2) is 5.38. The third-order valence-corrected chi connectivity index (χ3v) is 2.25. The predicted molar refractivity (Wildman–Crippen MR) is 53.0 cm³/mol. The molecule has 0 radical (unpaired) electrons. The SMILES string of the molecule is C=COC(=O)N1CCC(C(=O)OCC)C1. The topological polar surface area (TPSA) is 55.8 Å². The summed E-state index contributed by atoms with van der Waals surface area (Å²) in [7, 11) is 0. The minimum atomic E-state index is -0.461. The molecular formula is C10H15NO4. The highest BCUT2D eigenvalue weighted by atomic mass is 16.5. The van der Waals surface area contributed by atoms with Gasteiger partial charge in [0.25, 0.3) is 0 Å². The third-order valence-electron chi connectivity index (χ3n) is 2.25. The molecule has 1 rings (SSSR count). The van der Waals surface area contributed by atoms with Crippen LogP contribution in [-0.4, -0.2) is 36.7 Å². The number of hydrogen-bond acceptors (Lipinski definition) is 4. The minimum absolute atomic E-state index is 0.220. The van der Waals surface area contributed by atoms with Gasteiger partial charge in [-0.25, -0.2) is 4.79 Å². The van der Waals surface area contributed by atoms with Gasteiger partial charge in [0.1, 0.15) is 0 Å². The predicted octanol–water partition coefficient (Wildman–Crippen LogP) is 1.15. The first kappa shape index (κ1) is 11.6. The van der Waals surface area contributed by atoms with Crippen LogP contribution >= 0.6 is 0 Å². The molecule has 1 fully saturated rings. The third kappa shape index (κ3) is 2.97. The van der Waals surface area contributed by atoms with Gasteiger partial charge < -0.3 is 14.4 Å². The van der Waals surface area contributed by atoms with Crippen LogP contribution in [0.15, 0.2) is 12.8 Å². The van der Waals surface area contributed by atoms with Gasteiger partial charge in [-0.2, -0.15) is 0 Å². The van der Waals surface area contributed by atoms with Crippen LogP contribution in [0.5, 0.6) is 0 Å². The van der Waals surface area contributed by atoms with E-state index in [0.29, 0.717) is 26.1 Å². The largest absolute Gasteiger partial charge is 0.466 e. The monoisotopic (exact) mass is 213 g/mol. The van der Waals surface area contributed by atoms with Gasteiger partial charge in [-0.1, -0.05) is 6.58 Å².